The first kappa shape index (κ1) is 16.4. The molecule has 1 heterocycles. The van der Waals surface area contributed by atoms with Gasteiger partial charge in [0.2, 0.25) is 0 Å². The van der Waals surface area contributed by atoms with E-state index in [2.05, 4.69) is 5.10 Å². The van der Waals surface area contributed by atoms with Gasteiger partial charge in [0.05, 0.1) is 5.69 Å². The molecule has 3 aromatic rings. The van der Waals surface area contributed by atoms with E-state index >= 15 is 0 Å². The Morgan fingerprint density at radius 2 is 1.64 bits per heavy atom. The topological polar surface area (TPSA) is 81.2 Å². The molecular weight excluding hydrogens is 316 g/mol. The van der Waals surface area contributed by atoms with Gasteiger partial charge >= 0.3 is 0 Å². The van der Waals surface area contributed by atoms with Crippen molar-refractivity contribution in [3.8, 4) is 5.69 Å². The van der Waals surface area contributed by atoms with Crippen LogP contribution in [0.1, 0.15) is 27.9 Å². The summed E-state index contributed by atoms with van der Waals surface area (Å²) in [5.74, 6) is -0.927. The number of primary amides is 1. The van der Waals surface area contributed by atoms with Gasteiger partial charge in [-0.2, -0.15) is 5.10 Å². The van der Waals surface area contributed by atoms with Crippen LogP contribution in [0.4, 0.5) is 5.69 Å². The number of aromatic nitrogens is 2. The number of anilines is 1. The standard InChI is InChI=1S/C19H18N4O2/c1-2-22(14-9-5-3-6-10-14)19(25)16-13-17(18(20)24)23(21-16)15-11-7-4-8-12-15/h3-13H,2H2,1H3,(H2,20,24). The number of amides is 2. The molecule has 0 aliphatic carbocycles. The van der Waals surface area contributed by atoms with Crippen molar-refractivity contribution in [1.82, 2.24) is 9.78 Å². The molecule has 6 heteroatoms. The van der Waals surface area contributed by atoms with Gasteiger partial charge in [-0.05, 0) is 31.2 Å². The van der Waals surface area contributed by atoms with E-state index in [0.29, 0.717) is 12.2 Å². The Balaban J connectivity index is 2.03. The maximum Gasteiger partial charge on any atom is 0.278 e. The molecule has 25 heavy (non-hydrogen) atoms. The van der Waals surface area contributed by atoms with Gasteiger partial charge < -0.3 is 10.6 Å². The van der Waals surface area contributed by atoms with Crippen LogP contribution in [-0.2, 0) is 0 Å². The lowest BCUT2D eigenvalue weighted by Gasteiger charge is -2.19. The van der Waals surface area contributed by atoms with E-state index in [1.54, 1.807) is 17.0 Å². The Hall–Kier alpha value is -3.41. The third-order valence-corrected chi connectivity index (χ3v) is 3.81. The molecule has 2 amide bonds. The monoisotopic (exact) mass is 334 g/mol. The third kappa shape index (κ3) is 3.28. The van der Waals surface area contributed by atoms with Crippen LogP contribution in [-0.4, -0.2) is 28.1 Å². The number of hydrogen-bond donors (Lipinski definition) is 1. The normalized spacial score (nSPS) is 10.4. The van der Waals surface area contributed by atoms with Crippen LogP contribution >= 0.6 is 0 Å². The minimum atomic E-state index is -0.641. The highest BCUT2D eigenvalue weighted by molar-refractivity contribution is 6.06. The summed E-state index contributed by atoms with van der Waals surface area (Å²) in [5.41, 5.74) is 7.23. The van der Waals surface area contributed by atoms with E-state index in [1.165, 1.54) is 10.7 Å². The van der Waals surface area contributed by atoms with E-state index in [1.807, 2.05) is 55.5 Å². The molecule has 0 saturated carbocycles. The first-order chi connectivity index (χ1) is 12.1. The van der Waals surface area contributed by atoms with Gasteiger partial charge in [-0.15, -0.1) is 0 Å². The molecule has 1 aromatic heterocycles. The van der Waals surface area contributed by atoms with Crippen molar-refractivity contribution in [3.63, 3.8) is 0 Å². The zero-order valence-corrected chi connectivity index (χ0v) is 13.8. The second-order valence-electron chi connectivity index (χ2n) is 5.41. The highest BCUT2D eigenvalue weighted by Gasteiger charge is 2.23. The molecule has 0 aliphatic heterocycles. The molecule has 6 nitrogen and oxygen atoms in total. The number of carbonyl (C=O) groups is 2. The Bertz CT molecular complexity index is 888. The molecule has 3 rings (SSSR count). The van der Waals surface area contributed by atoms with Crippen molar-refractivity contribution in [2.45, 2.75) is 6.92 Å². The Morgan fingerprint density at radius 3 is 2.20 bits per heavy atom. The lowest BCUT2D eigenvalue weighted by Crippen LogP contribution is -2.31. The maximum atomic E-state index is 12.9. The van der Waals surface area contributed by atoms with E-state index < -0.39 is 5.91 Å². The fourth-order valence-corrected chi connectivity index (χ4v) is 2.62. The van der Waals surface area contributed by atoms with Gasteiger partial charge in [-0.3, -0.25) is 9.59 Å². The number of nitrogens with two attached hydrogens (primary N) is 1. The predicted molar refractivity (Wildman–Crippen MR) is 95.9 cm³/mol. The second kappa shape index (κ2) is 7.00. The molecular formula is C19H18N4O2. The summed E-state index contributed by atoms with van der Waals surface area (Å²) in [6.45, 7) is 2.36. The molecule has 0 radical (unpaired) electrons. The quantitative estimate of drug-likeness (QED) is 0.779. The van der Waals surface area contributed by atoms with Crippen molar-refractivity contribution in [2.75, 3.05) is 11.4 Å². The van der Waals surface area contributed by atoms with Crippen LogP contribution in [0, 0.1) is 0 Å². The Morgan fingerprint density at radius 1 is 1.04 bits per heavy atom. The average molecular weight is 334 g/mol. The maximum absolute atomic E-state index is 12.9. The van der Waals surface area contributed by atoms with Crippen LogP contribution in [0.25, 0.3) is 5.69 Å². The molecule has 0 bridgehead atoms. The summed E-state index contributed by atoms with van der Waals surface area (Å²) in [6, 6.07) is 19.8. The average Bonchev–Trinajstić information content (AvgIpc) is 3.10. The van der Waals surface area contributed by atoms with Crippen molar-refractivity contribution in [3.05, 3.63) is 78.1 Å². The summed E-state index contributed by atoms with van der Waals surface area (Å²) in [4.78, 5) is 26.3. The number of benzene rings is 2. The minimum absolute atomic E-state index is 0.165. The Labute approximate surface area is 145 Å². The molecule has 0 saturated heterocycles. The third-order valence-electron chi connectivity index (χ3n) is 3.81. The van der Waals surface area contributed by atoms with Crippen molar-refractivity contribution < 1.29 is 9.59 Å². The summed E-state index contributed by atoms with van der Waals surface area (Å²) in [5, 5.41) is 4.32. The minimum Gasteiger partial charge on any atom is -0.364 e. The molecule has 0 unspecified atom stereocenters. The van der Waals surface area contributed by atoms with E-state index in [4.69, 9.17) is 5.73 Å². The zero-order chi connectivity index (χ0) is 17.8. The second-order valence-corrected chi connectivity index (χ2v) is 5.41. The van der Waals surface area contributed by atoms with E-state index in [0.717, 1.165) is 5.69 Å². The Kier molecular flexibility index (Phi) is 4.61. The molecule has 0 spiro atoms. The van der Waals surface area contributed by atoms with Crippen LogP contribution in [0.15, 0.2) is 66.7 Å². The predicted octanol–water partition coefficient (Wildman–Crippen LogP) is 2.64. The van der Waals surface area contributed by atoms with Gasteiger partial charge in [0.25, 0.3) is 11.8 Å². The van der Waals surface area contributed by atoms with Gasteiger partial charge in [0.1, 0.15) is 5.69 Å². The first-order valence-electron chi connectivity index (χ1n) is 7.94. The zero-order valence-electron chi connectivity index (χ0n) is 13.8. The fourth-order valence-electron chi connectivity index (χ4n) is 2.62. The largest absolute Gasteiger partial charge is 0.364 e. The first-order valence-corrected chi connectivity index (χ1v) is 7.94. The van der Waals surface area contributed by atoms with Crippen LogP contribution in [0.2, 0.25) is 0 Å². The highest BCUT2D eigenvalue weighted by Crippen LogP contribution is 2.18. The molecule has 2 N–H and O–H groups in total. The van der Waals surface area contributed by atoms with Crippen molar-refractivity contribution in [2.24, 2.45) is 5.73 Å². The molecule has 0 fully saturated rings. The van der Waals surface area contributed by atoms with Crippen LogP contribution in [0.3, 0.4) is 0 Å². The number of rotatable bonds is 5. The van der Waals surface area contributed by atoms with Crippen LogP contribution in [0.5, 0.6) is 0 Å². The number of nitrogens with zero attached hydrogens (tertiary/aromatic N) is 3. The summed E-state index contributed by atoms with van der Waals surface area (Å²) in [6.07, 6.45) is 0. The van der Waals surface area contributed by atoms with Crippen molar-refractivity contribution in [1.29, 1.82) is 0 Å². The SMILES string of the molecule is CCN(C(=O)c1cc(C(N)=O)n(-c2ccccc2)n1)c1ccccc1. The smallest absolute Gasteiger partial charge is 0.278 e. The number of hydrogen-bond acceptors (Lipinski definition) is 3. The lowest BCUT2D eigenvalue weighted by atomic mass is 10.2. The summed E-state index contributed by atoms with van der Waals surface area (Å²) < 4.78 is 1.40. The summed E-state index contributed by atoms with van der Waals surface area (Å²) in [7, 11) is 0. The molecule has 126 valence electrons. The molecule has 2 aromatic carbocycles. The lowest BCUT2D eigenvalue weighted by molar-refractivity contribution is 0.0979. The van der Waals surface area contributed by atoms with Crippen molar-refractivity contribution >= 4 is 17.5 Å². The molecule has 0 aliphatic rings. The number of carbonyl (C=O) groups excluding carboxylic acids is 2. The number of para-hydroxylation sites is 2. The fraction of sp³-hybridized carbons (Fsp3) is 0.105. The van der Waals surface area contributed by atoms with Gasteiger partial charge in [0, 0.05) is 18.3 Å². The van der Waals surface area contributed by atoms with Gasteiger partial charge in [-0.25, -0.2) is 4.68 Å². The summed E-state index contributed by atoms with van der Waals surface area (Å²) >= 11 is 0. The van der Waals surface area contributed by atoms with E-state index in [9.17, 15) is 9.59 Å². The van der Waals surface area contributed by atoms with Gasteiger partial charge in [0.15, 0.2) is 5.69 Å². The van der Waals surface area contributed by atoms with E-state index in [-0.39, 0.29) is 17.3 Å². The highest BCUT2D eigenvalue weighted by atomic mass is 16.2. The molecule has 0 atom stereocenters. The van der Waals surface area contributed by atoms with Crippen LogP contribution < -0.4 is 10.6 Å². The van der Waals surface area contributed by atoms with Gasteiger partial charge in [-0.1, -0.05) is 36.4 Å².